The minimum atomic E-state index is 1.05. The number of benzene rings is 1. The predicted octanol–water partition coefficient (Wildman–Crippen LogP) is 2.75. The first-order chi connectivity index (χ1) is 8.74. The summed E-state index contributed by atoms with van der Waals surface area (Å²) in [6.45, 7) is 4.31. The van der Waals surface area contributed by atoms with E-state index in [1.165, 1.54) is 10.8 Å². The van der Waals surface area contributed by atoms with Gasteiger partial charge in [-0.05, 0) is 30.6 Å². The maximum Gasteiger partial charge on any atom is 0.136 e. The van der Waals surface area contributed by atoms with Crippen LogP contribution in [0.2, 0.25) is 0 Å². The second kappa shape index (κ2) is 4.86. The molecule has 2 heterocycles. The largest absolute Gasteiger partial charge is 0.354 e. The van der Waals surface area contributed by atoms with E-state index in [2.05, 4.69) is 62.0 Å². The molecule has 0 radical (unpaired) electrons. The van der Waals surface area contributed by atoms with Crippen molar-refractivity contribution in [2.45, 2.75) is 0 Å². The molecule has 1 aliphatic rings. The Morgan fingerprint density at radius 3 is 2.67 bits per heavy atom. The van der Waals surface area contributed by atoms with Gasteiger partial charge in [0.1, 0.15) is 5.82 Å². The third-order valence-electron chi connectivity index (χ3n) is 3.51. The van der Waals surface area contributed by atoms with Crippen molar-refractivity contribution in [3.05, 3.63) is 34.9 Å². The maximum atomic E-state index is 4.58. The number of aromatic nitrogens is 1. The quantitative estimate of drug-likeness (QED) is 0.807. The fourth-order valence-corrected chi connectivity index (χ4v) is 2.76. The normalized spacial score (nSPS) is 17.3. The maximum absolute atomic E-state index is 4.58. The zero-order chi connectivity index (χ0) is 12.5. The van der Waals surface area contributed by atoms with Gasteiger partial charge in [0.2, 0.25) is 0 Å². The van der Waals surface area contributed by atoms with Gasteiger partial charge in [0, 0.05) is 42.2 Å². The Bertz CT molecular complexity index is 562. The molecule has 1 fully saturated rings. The summed E-state index contributed by atoms with van der Waals surface area (Å²) < 4.78 is 1.11. The SMILES string of the molecule is CN1CCN(c2nccc3ccc(Br)cc23)CC1. The number of anilines is 1. The van der Waals surface area contributed by atoms with Crippen LogP contribution in [0.3, 0.4) is 0 Å². The van der Waals surface area contributed by atoms with E-state index in [4.69, 9.17) is 0 Å². The Morgan fingerprint density at radius 1 is 1.11 bits per heavy atom. The van der Waals surface area contributed by atoms with Gasteiger partial charge in [-0.15, -0.1) is 0 Å². The average Bonchev–Trinajstić information content (AvgIpc) is 2.39. The number of halogens is 1. The fraction of sp³-hybridized carbons (Fsp3) is 0.357. The van der Waals surface area contributed by atoms with E-state index in [0.29, 0.717) is 0 Å². The Balaban J connectivity index is 2.03. The molecule has 0 spiro atoms. The van der Waals surface area contributed by atoms with Crippen LogP contribution < -0.4 is 4.90 Å². The Morgan fingerprint density at radius 2 is 1.89 bits per heavy atom. The van der Waals surface area contributed by atoms with Crippen LogP contribution in [0.25, 0.3) is 10.8 Å². The Kier molecular flexibility index (Phi) is 3.22. The van der Waals surface area contributed by atoms with Gasteiger partial charge >= 0.3 is 0 Å². The van der Waals surface area contributed by atoms with E-state index >= 15 is 0 Å². The van der Waals surface area contributed by atoms with E-state index in [9.17, 15) is 0 Å². The molecule has 0 saturated carbocycles. The predicted molar refractivity (Wildman–Crippen MR) is 79.2 cm³/mol. The van der Waals surface area contributed by atoms with E-state index in [1.54, 1.807) is 0 Å². The van der Waals surface area contributed by atoms with E-state index in [-0.39, 0.29) is 0 Å². The molecule has 1 aliphatic heterocycles. The molecule has 0 aliphatic carbocycles. The first kappa shape index (κ1) is 11.9. The number of hydrogen-bond donors (Lipinski definition) is 0. The lowest BCUT2D eigenvalue weighted by Crippen LogP contribution is -2.44. The minimum Gasteiger partial charge on any atom is -0.354 e. The molecule has 1 saturated heterocycles. The van der Waals surface area contributed by atoms with E-state index in [1.807, 2.05) is 6.20 Å². The molecule has 18 heavy (non-hydrogen) atoms. The van der Waals surface area contributed by atoms with E-state index < -0.39 is 0 Å². The molecule has 3 nitrogen and oxygen atoms in total. The average molecular weight is 306 g/mol. The molecule has 0 bridgehead atoms. The van der Waals surface area contributed by atoms with Crippen LogP contribution in [0.15, 0.2) is 34.9 Å². The summed E-state index contributed by atoms with van der Waals surface area (Å²) in [7, 11) is 2.17. The lowest BCUT2D eigenvalue weighted by molar-refractivity contribution is 0.312. The first-order valence-corrected chi connectivity index (χ1v) is 7.01. The summed E-state index contributed by atoms with van der Waals surface area (Å²) in [6.07, 6.45) is 1.91. The smallest absolute Gasteiger partial charge is 0.136 e. The van der Waals surface area contributed by atoms with Crippen LogP contribution in [0.4, 0.5) is 5.82 Å². The van der Waals surface area contributed by atoms with Crippen molar-refractivity contribution >= 4 is 32.5 Å². The summed E-state index contributed by atoms with van der Waals surface area (Å²) >= 11 is 3.55. The Hall–Kier alpha value is -1.13. The first-order valence-electron chi connectivity index (χ1n) is 6.22. The lowest BCUT2D eigenvalue weighted by atomic mass is 10.1. The molecular formula is C14H16BrN3. The second-order valence-electron chi connectivity index (χ2n) is 4.79. The summed E-state index contributed by atoms with van der Waals surface area (Å²) in [5, 5.41) is 2.48. The monoisotopic (exact) mass is 305 g/mol. The molecule has 3 rings (SSSR count). The van der Waals surface area contributed by atoms with Gasteiger partial charge in [0.25, 0.3) is 0 Å². The van der Waals surface area contributed by atoms with Crippen LogP contribution in [0.1, 0.15) is 0 Å². The topological polar surface area (TPSA) is 19.4 Å². The Labute approximate surface area is 116 Å². The highest BCUT2D eigenvalue weighted by molar-refractivity contribution is 9.10. The zero-order valence-corrected chi connectivity index (χ0v) is 12.0. The van der Waals surface area contributed by atoms with Gasteiger partial charge < -0.3 is 9.80 Å². The molecule has 0 atom stereocenters. The van der Waals surface area contributed by atoms with Gasteiger partial charge in [-0.1, -0.05) is 22.0 Å². The molecule has 2 aromatic rings. The highest BCUT2D eigenvalue weighted by atomic mass is 79.9. The van der Waals surface area contributed by atoms with Crippen LogP contribution in [0, 0.1) is 0 Å². The lowest BCUT2D eigenvalue weighted by Gasteiger charge is -2.33. The van der Waals surface area contributed by atoms with Gasteiger partial charge in [-0.25, -0.2) is 4.98 Å². The van der Waals surface area contributed by atoms with Crippen molar-refractivity contribution in [1.82, 2.24) is 9.88 Å². The third-order valence-corrected chi connectivity index (χ3v) is 4.00. The number of nitrogens with zero attached hydrogens (tertiary/aromatic N) is 3. The van der Waals surface area contributed by atoms with E-state index in [0.717, 1.165) is 36.5 Å². The van der Waals surface area contributed by atoms with Crippen molar-refractivity contribution in [3.8, 4) is 0 Å². The van der Waals surface area contributed by atoms with Crippen LogP contribution >= 0.6 is 15.9 Å². The molecule has 0 amide bonds. The van der Waals surface area contributed by atoms with Gasteiger partial charge in [-0.2, -0.15) is 0 Å². The van der Waals surface area contributed by atoms with Crippen LogP contribution in [-0.4, -0.2) is 43.1 Å². The van der Waals surface area contributed by atoms with Gasteiger partial charge in [0.05, 0.1) is 0 Å². The van der Waals surface area contributed by atoms with Crippen LogP contribution in [0.5, 0.6) is 0 Å². The standard InChI is InChI=1S/C14H16BrN3/c1-17-6-8-18(9-7-17)14-13-10-12(15)3-2-11(13)4-5-16-14/h2-5,10H,6-9H2,1H3. The van der Waals surface area contributed by atoms with Crippen molar-refractivity contribution in [2.24, 2.45) is 0 Å². The van der Waals surface area contributed by atoms with Crippen molar-refractivity contribution < 1.29 is 0 Å². The summed E-state index contributed by atoms with van der Waals surface area (Å²) in [5.74, 6) is 1.11. The summed E-state index contributed by atoms with van der Waals surface area (Å²) in [5.41, 5.74) is 0. The van der Waals surface area contributed by atoms with Gasteiger partial charge in [-0.3, -0.25) is 0 Å². The summed E-state index contributed by atoms with van der Waals surface area (Å²) in [4.78, 5) is 9.33. The number of likely N-dealkylation sites (N-methyl/N-ethyl adjacent to an activating group) is 1. The molecule has 0 N–H and O–H groups in total. The van der Waals surface area contributed by atoms with Crippen molar-refractivity contribution in [1.29, 1.82) is 0 Å². The zero-order valence-electron chi connectivity index (χ0n) is 10.4. The fourth-order valence-electron chi connectivity index (χ4n) is 2.40. The summed E-state index contributed by atoms with van der Waals surface area (Å²) in [6, 6.07) is 8.45. The molecule has 1 aromatic heterocycles. The van der Waals surface area contributed by atoms with Crippen molar-refractivity contribution in [2.75, 3.05) is 38.1 Å². The third kappa shape index (κ3) is 2.22. The highest BCUT2D eigenvalue weighted by Gasteiger charge is 2.17. The van der Waals surface area contributed by atoms with Crippen molar-refractivity contribution in [3.63, 3.8) is 0 Å². The molecule has 1 aromatic carbocycles. The molecule has 4 heteroatoms. The van der Waals surface area contributed by atoms with Crippen LogP contribution in [-0.2, 0) is 0 Å². The highest BCUT2D eigenvalue weighted by Crippen LogP contribution is 2.27. The number of hydrogen-bond acceptors (Lipinski definition) is 3. The molecule has 0 unspecified atom stereocenters. The molecule has 94 valence electrons. The van der Waals surface area contributed by atoms with Gasteiger partial charge in [0.15, 0.2) is 0 Å². The second-order valence-corrected chi connectivity index (χ2v) is 5.71. The number of fused-ring (bicyclic) bond motifs is 1. The molecular weight excluding hydrogens is 290 g/mol. The number of rotatable bonds is 1. The number of piperazine rings is 1. The number of pyridine rings is 1. The minimum absolute atomic E-state index is 1.05.